The molecular weight excluding hydrogens is 513 g/mol. The van der Waals surface area contributed by atoms with Gasteiger partial charge >= 0.3 is 0 Å². The molecule has 1 aliphatic carbocycles. The predicted molar refractivity (Wildman–Crippen MR) is 128 cm³/mol. The van der Waals surface area contributed by atoms with E-state index in [1.54, 1.807) is 10.7 Å². The van der Waals surface area contributed by atoms with E-state index >= 15 is 0 Å². The SMILES string of the molecule is O=C(Nc1cc(-c2nnn(C3CC(F)(F)C3)n2)c(F)cc1Cl)c1cnn2ccc(N3CCOCC3)cc12. The Bertz CT molecular complexity index is 1490. The van der Waals surface area contributed by atoms with Gasteiger partial charge in [-0.15, -0.1) is 10.2 Å². The molecule has 0 spiro atoms. The minimum Gasteiger partial charge on any atom is -0.378 e. The molecule has 37 heavy (non-hydrogen) atoms. The number of aromatic nitrogens is 6. The van der Waals surface area contributed by atoms with Crippen molar-refractivity contribution in [2.45, 2.75) is 24.8 Å². The number of nitrogens with zero attached hydrogens (tertiary/aromatic N) is 7. The highest BCUT2D eigenvalue weighted by Gasteiger charge is 2.47. The number of nitrogens with one attached hydrogen (secondary N) is 1. The van der Waals surface area contributed by atoms with Crippen molar-refractivity contribution < 1.29 is 22.7 Å². The van der Waals surface area contributed by atoms with Crippen molar-refractivity contribution in [3.05, 3.63) is 53.1 Å². The van der Waals surface area contributed by atoms with Crippen molar-refractivity contribution >= 4 is 34.4 Å². The van der Waals surface area contributed by atoms with E-state index in [1.807, 2.05) is 12.1 Å². The minimum atomic E-state index is -2.76. The van der Waals surface area contributed by atoms with Crippen LogP contribution in [0, 0.1) is 5.82 Å². The van der Waals surface area contributed by atoms with Gasteiger partial charge in [-0.3, -0.25) is 4.79 Å². The Morgan fingerprint density at radius 2 is 1.97 bits per heavy atom. The fourth-order valence-electron chi connectivity index (χ4n) is 4.45. The lowest BCUT2D eigenvalue weighted by Gasteiger charge is -2.33. The van der Waals surface area contributed by atoms with Crippen molar-refractivity contribution in [2.75, 3.05) is 36.5 Å². The van der Waals surface area contributed by atoms with Gasteiger partial charge < -0.3 is 15.0 Å². The molecule has 1 aromatic carbocycles. The molecule has 3 aromatic heterocycles. The number of hydrogen-bond acceptors (Lipinski definition) is 7. The minimum absolute atomic E-state index is 0.0360. The highest BCUT2D eigenvalue weighted by Crippen LogP contribution is 2.44. The van der Waals surface area contributed by atoms with Crippen molar-refractivity contribution in [3.8, 4) is 11.4 Å². The molecule has 0 atom stereocenters. The molecule has 0 bridgehead atoms. The fraction of sp³-hybridized carbons (Fsp3) is 0.348. The van der Waals surface area contributed by atoms with E-state index in [2.05, 4.69) is 30.7 Å². The second-order valence-corrected chi connectivity index (χ2v) is 9.40. The molecule has 14 heteroatoms. The Balaban J connectivity index is 1.26. The quantitative estimate of drug-likeness (QED) is 0.416. The lowest BCUT2D eigenvalue weighted by atomic mass is 9.89. The van der Waals surface area contributed by atoms with Crippen molar-refractivity contribution in [1.29, 1.82) is 0 Å². The molecule has 1 saturated carbocycles. The number of carbonyl (C=O) groups is 1. The second-order valence-electron chi connectivity index (χ2n) is 8.99. The molecule has 1 saturated heterocycles. The van der Waals surface area contributed by atoms with Gasteiger partial charge in [-0.2, -0.15) is 9.90 Å². The molecule has 1 aliphatic heterocycles. The normalized spacial score (nSPS) is 17.7. The number of amides is 1. The van der Waals surface area contributed by atoms with E-state index in [0.29, 0.717) is 24.3 Å². The number of ether oxygens (including phenoxy) is 1. The number of carbonyl (C=O) groups excluding carboxylic acids is 1. The smallest absolute Gasteiger partial charge is 0.259 e. The number of halogens is 4. The number of fused-ring (bicyclic) bond motifs is 1. The zero-order chi connectivity index (χ0) is 25.7. The topological polar surface area (TPSA) is 102 Å². The maximum Gasteiger partial charge on any atom is 0.259 e. The van der Waals surface area contributed by atoms with Gasteiger partial charge in [-0.05, 0) is 29.5 Å². The molecule has 10 nitrogen and oxygen atoms in total. The first kappa shape index (κ1) is 23.7. The summed E-state index contributed by atoms with van der Waals surface area (Å²) >= 11 is 6.22. The molecule has 192 valence electrons. The average Bonchev–Trinajstić information content (AvgIpc) is 3.52. The standard InChI is InChI=1S/C23H20ClF3N8O2/c24-17-9-18(25)15(21-30-32-35(31-21)14-10-23(26,27)11-14)8-19(17)29-22(36)16-12-28-34-2-1-13(7-20(16)34)33-3-5-37-6-4-33/h1-2,7-9,12,14H,3-6,10-11H2,(H,29,36). The monoisotopic (exact) mass is 532 g/mol. The van der Waals surface area contributed by atoms with Gasteiger partial charge in [0.2, 0.25) is 5.82 Å². The summed E-state index contributed by atoms with van der Waals surface area (Å²) in [5, 5.41) is 18.6. The van der Waals surface area contributed by atoms with E-state index in [-0.39, 0.29) is 22.1 Å². The van der Waals surface area contributed by atoms with Crippen molar-refractivity contribution in [2.24, 2.45) is 0 Å². The highest BCUT2D eigenvalue weighted by molar-refractivity contribution is 6.34. The summed E-state index contributed by atoms with van der Waals surface area (Å²) in [6.45, 7) is 2.72. The molecule has 6 rings (SSSR count). The van der Waals surface area contributed by atoms with Crippen LogP contribution in [0.3, 0.4) is 0 Å². The first-order chi connectivity index (χ1) is 17.8. The van der Waals surface area contributed by atoms with Crippen LogP contribution >= 0.6 is 11.6 Å². The number of anilines is 2. The Hall–Kier alpha value is -3.71. The van der Waals surface area contributed by atoms with E-state index in [4.69, 9.17) is 16.3 Å². The highest BCUT2D eigenvalue weighted by atomic mass is 35.5. The van der Waals surface area contributed by atoms with Gasteiger partial charge in [0.15, 0.2) is 0 Å². The Morgan fingerprint density at radius 3 is 2.73 bits per heavy atom. The number of pyridine rings is 1. The van der Waals surface area contributed by atoms with Crippen LogP contribution in [0.5, 0.6) is 0 Å². The van der Waals surface area contributed by atoms with Gasteiger partial charge in [0, 0.05) is 37.8 Å². The van der Waals surface area contributed by atoms with Crippen LogP contribution in [0.2, 0.25) is 5.02 Å². The average molecular weight is 533 g/mol. The van der Waals surface area contributed by atoms with Crippen LogP contribution in [0.25, 0.3) is 16.9 Å². The number of hydrogen-bond donors (Lipinski definition) is 1. The molecule has 0 radical (unpaired) electrons. The second kappa shape index (κ2) is 8.99. The first-order valence-electron chi connectivity index (χ1n) is 11.6. The van der Waals surface area contributed by atoms with Gasteiger partial charge in [-0.1, -0.05) is 11.6 Å². The van der Waals surface area contributed by atoms with Gasteiger partial charge in [0.05, 0.1) is 52.8 Å². The third-order valence-corrected chi connectivity index (χ3v) is 6.81. The number of alkyl halides is 2. The summed E-state index contributed by atoms with van der Waals surface area (Å²) in [7, 11) is 0. The van der Waals surface area contributed by atoms with Crippen LogP contribution in [-0.4, -0.2) is 68.0 Å². The fourth-order valence-corrected chi connectivity index (χ4v) is 4.65. The number of tetrazole rings is 1. The number of rotatable bonds is 5. The summed E-state index contributed by atoms with van der Waals surface area (Å²) in [6.07, 6.45) is 2.40. The zero-order valence-corrected chi connectivity index (χ0v) is 20.0. The Kier molecular flexibility index (Phi) is 5.75. The van der Waals surface area contributed by atoms with Crippen molar-refractivity contribution in [1.82, 2.24) is 29.8 Å². The summed E-state index contributed by atoms with van der Waals surface area (Å²) < 4.78 is 48.1. The molecule has 0 unspecified atom stereocenters. The zero-order valence-electron chi connectivity index (χ0n) is 19.2. The summed E-state index contributed by atoms with van der Waals surface area (Å²) in [5.74, 6) is -4.11. The lowest BCUT2D eigenvalue weighted by molar-refractivity contribution is -0.110. The van der Waals surface area contributed by atoms with Crippen LogP contribution in [0.1, 0.15) is 29.2 Å². The Morgan fingerprint density at radius 1 is 1.19 bits per heavy atom. The third-order valence-electron chi connectivity index (χ3n) is 6.50. The summed E-state index contributed by atoms with van der Waals surface area (Å²) in [4.78, 5) is 16.4. The lowest BCUT2D eigenvalue weighted by Crippen LogP contribution is -2.38. The molecule has 2 fully saturated rings. The first-order valence-corrected chi connectivity index (χ1v) is 11.9. The van der Waals surface area contributed by atoms with Gasteiger partial charge in [0.1, 0.15) is 5.82 Å². The predicted octanol–water partition coefficient (Wildman–Crippen LogP) is 3.84. The molecule has 2 aliphatic rings. The molecular formula is C23H20ClF3N8O2. The maximum atomic E-state index is 14.7. The summed E-state index contributed by atoms with van der Waals surface area (Å²) in [5.41, 5.74) is 1.87. The van der Waals surface area contributed by atoms with E-state index < -0.39 is 36.5 Å². The van der Waals surface area contributed by atoms with Crippen molar-refractivity contribution in [3.63, 3.8) is 0 Å². The Labute approximate surface area is 212 Å². The molecule has 4 heterocycles. The van der Waals surface area contributed by atoms with Gasteiger partial charge in [-0.25, -0.2) is 17.7 Å². The maximum absolute atomic E-state index is 14.7. The van der Waals surface area contributed by atoms with E-state index in [1.165, 1.54) is 12.3 Å². The molecule has 1 N–H and O–H groups in total. The van der Waals surface area contributed by atoms with Crippen LogP contribution in [0.4, 0.5) is 24.5 Å². The third kappa shape index (κ3) is 4.48. The number of benzene rings is 1. The van der Waals surface area contributed by atoms with Crippen LogP contribution < -0.4 is 10.2 Å². The number of morpholine rings is 1. The van der Waals surface area contributed by atoms with Gasteiger partial charge in [0.25, 0.3) is 11.8 Å². The molecule has 4 aromatic rings. The van der Waals surface area contributed by atoms with Crippen LogP contribution in [0.15, 0.2) is 36.7 Å². The van der Waals surface area contributed by atoms with E-state index in [9.17, 15) is 18.0 Å². The largest absolute Gasteiger partial charge is 0.378 e. The van der Waals surface area contributed by atoms with Crippen LogP contribution in [-0.2, 0) is 4.74 Å². The molecule has 1 amide bonds. The summed E-state index contributed by atoms with van der Waals surface area (Å²) in [6, 6.07) is 5.50. The van der Waals surface area contributed by atoms with E-state index in [0.717, 1.165) is 29.6 Å².